The maximum absolute atomic E-state index is 13.3. The van der Waals surface area contributed by atoms with Gasteiger partial charge in [-0.15, -0.1) is 0 Å². The molecule has 1 fully saturated rings. The summed E-state index contributed by atoms with van der Waals surface area (Å²) in [5.74, 6) is -2.08. The number of halogens is 1. The number of likely N-dealkylation sites (tertiary alicyclic amines) is 1. The zero-order valence-electron chi connectivity index (χ0n) is 17.6. The molecule has 0 spiro atoms. The van der Waals surface area contributed by atoms with Crippen molar-refractivity contribution in [3.05, 3.63) is 71.0 Å². The molecule has 1 saturated heterocycles. The van der Waals surface area contributed by atoms with Crippen molar-refractivity contribution in [2.45, 2.75) is 33.2 Å². The van der Waals surface area contributed by atoms with Gasteiger partial charge in [0.05, 0.1) is 11.6 Å². The second kappa shape index (κ2) is 9.11. The van der Waals surface area contributed by atoms with Gasteiger partial charge in [0.1, 0.15) is 11.6 Å². The van der Waals surface area contributed by atoms with Crippen LogP contribution < -0.4 is 4.90 Å². The van der Waals surface area contributed by atoms with E-state index in [-0.39, 0.29) is 11.3 Å². The van der Waals surface area contributed by atoms with Crippen LogP contribution in [-0.2, 0) is 9.59 Å². The van der Waals surface area contributed by atoms with Gasteiger partial charge in [0.2, 0.25) is 0 Å². The van der Waals surface area contributed by atoms with Crippen LogP contribution in [0.15, 0.2) is 54.1 Å². The average molecular weight is 410 g/mol. The summed E-state index contributed by atoms with van der Waals surface area (Å²) in [7, 11) is 0. The Morgan fingerprint density at radius 2 is 1.60 bits per heavy atom. The number of rotatable bonds is 7. The van der Waals surface area contributed by atoms with Gasteiger partial charge in [-0.05, 0) is 62.2 Å². The van der Waals surface area contributed by atoms with Crippen LogP contribution >= 0.6 is 0 Å². The summed E-state index contributed by atoms with van der Waals surface area (Å²) in [6.07, 6.45) is 0.678. The third-order valence-electron chi connectivity index (χ3n) is 5.46. The van der Waals surface area contributed by atoms with Gasteiger partial charge in [-0.1, -0.05) is 19.1 Å². The van der Waals surface area contributed by atoms with Crippen molar-refractivity contribution in [1.29, 1.82) is 0 Å². The third-order valence-corrected chi connectivity index (χ3v) is 5.46. The number of anilines is 1. The van der Waals surface area contributed by atoms with Gasteiger partial charge < -0.3 is 14.9 Å². The minimum atomic E-state index is -0.719. The normalized spacial score (nSPS) is 18.1. The number of ketones is 1. The Labute approximate surface area is 176 Å². The van der Waals surface area contributed by atoms with Crippen LogP contribution in [0.5, 0.6) is 0 Å². The molecule has 0 saturated carbocycles. The minimum absolute atomic E-state index is 0.0376. The molecule has 0 bridgehead atoms. The topological polar surface area (TPSA) is 60.9 Å². The Bertz CT molecular complexity index is 947. The molecule has 2 aromatic carbocycles. The van der Waals surface area contributed by atoms with Crippen LogP contribution in [0.3, 0.4) is 0 Å². The number of Topliss-reactive ketones (excluding diaryl/α,β-unsaturated/α-hetero) is 1. The van der Waals surface area contributed by atoms with Gasteiger partial charge in [-0.3, -0.25) is 9.59 Å². The smallest absolute Gasteiger partial charge is 0.295 e. The Morgan fingerprint density at radius 1 is 1.00 bits per heavy atom. The Hall–Kier alpha value is -3.15. The van der Waals surface area contributed by atoms with Crippen LogP contribution in [-0.4, -0.2) is 41.3 Å². The van der Waals surface area contributed by atoms with Gasteiger partial charge in [0, 0.05) is 30.9 Å². The first-order valence-corrected chi connectivity index (χ1v) is 10.3. The molecule has 1 amide bonds. The van der Waals surface area contributed by atoms with Crippen molar-refractivity contribution in [3.63, 3.8) is 0 Å². The molecule has 3 rings (SSSR count). The molecule has 5 nitrogen and oxygen atoms in total. The molecule has 0 aliphatic carbocycles. The zero-order valence-corrected chi connectivity index (χ0v) is 17.6. The largest absolute Gasteiger partial charge is 0.507 e. The number of hydrogen-bond donors (Lipinski definition) is 1. The van der Waals surface area contributed by atoms with Crippen molar-refractivity contribution in [2.24, 2.45) is 0 Å². The fraction of sp³-hybridized carbons (Fsp3) is 0.333. The van der Waals surface area contributed by atoms with Crippen molar-refractivity contribution >= 4 is 23.1 Å². The molecule has 1 aliphatic heterocycles. The molecule has 30 heavy (non-hydrogen) atoms. The molecule has 158 valence electrons. The number of nitrogens with zero attached hydrogens (tertiary/aromatic N) is 2. The lowest BCUT2D eigenvalue weighted by molar-refractivity contribution is -0.139. The summed E-state index contributed by atoms with van der Waals surface area (Å²) >= 11 is 0. The highest BCUT2D eigenvalue weighted by Gasteiger charge is 2.45. The molecular formula is C24H27FN2O3. The maximum atomic E-state index is 13.3. The lowest BCUT2D eigenvalue weighted by Crippen LogP contribution is -2.30. The summed E-state index contributed by atoms with van der Waals surface area (Å²) in [5.41, 5.74) is 2.14. The van der Waals surface area contributed by atoms with Crippen LogP contribution in [0.1, 0.15) is 44.4 Å². The van der Waals surface area contributed by atoms with E-state index in [4.69, 9.17) is 0 Å². The number of aliphatic hydroxyl groups excluding tert-OH is 1. The molecule has 1 heterocycles. The van der Waals surface area contributed by atoms with Crippen molar-refractivity contribution in [3.8, 4) is 0 Å². The summed E-state index contributed by atoms with van der Waals surface area (Å²) in [4.78, 5) is 29.2. The van der Waals surface area contributed by atoms with E-state index in [1.165, 1.54) is 29.2 Å². The van der Waals surface area contributed by atoms with Gasteiger partial charge in [0.25, 0.3) is 11.7 Å². The molecule has 0 radical (unpaired) electrons. The molecule has 2 aromatic rings. The Morgan fingerprint density at radius 3 is 2.13 bits per heavy atom. The molecule has 1 atom stereocenters. The number of carbonyl (C=O) groups excluding carboxylic acids is 2. The van der Waals surface area contributed by atoms with Crippen LogP contribution in [0, 0.1) is 5.82 Å². The Kier molecular flexibility index (Phi) is 6.55. The van der Waals surface area contributed by atoms with E-state index in [2.05, 4.69) is 18.7 Å². The fourth-order valence-corrected chi connectivity index (χ4v) is 3.92. The highest BCUT2D eigenvalue weighted by Crippen LogP contribution is 2.39. The summed E-state index contributed by atoms with van der Waals surface area (Å²) in [5, 5.41) is 10.9. The first-order valence-electron chi connectivity index (χ1n) is 10.3. The SMILES string of the molecule is CCCN1C(=O)C(=O)/C(=C(\O)c2ccc(F)cc2)C1c1ccc(N(CC)CC)cc1. The minimum Gasteiger partial charge on any atom is -0.507 e. The van der Waals surface area contributed by atoms with Crippen LogP contribution in [0.2, 0.25) is 0 Å². The summed E-state index contributed by atoms with van der Waals surface area (Å²) in [6.45, 7) is 8.23. The van der Waals surface area contributed by atoms with Gasteiger partial charge in [-0.25, -0.2) is 4.39 Å². The molecule has 1 unspecified atom stereocenters. The quantitative estimate of drug-likeness (QED) is 0.415. The highest BCUT2D eigenvalue weighted by atomic mass is 19.1. The second-order valence-electron chi connectivity index (χ2n) is 7.26. The molecule has 1 aliphatic rings. The van der Waals surface area contributed by atoms with E-state index >= 15 is 0 Å². The standard InChI is InChI=1S/C24H27FN2O3/c1-4-15-27-21(16-9-13-19(14-10-16)26(5-2)6-3)20(23(29)24(27)30)22(28)17-7-11-18(25)12-8-17/h7-14,21,28H,4-6,15H2,1-3H3/b22-20-. The molecule has 0 aromatic heterocycles. The monoisotopic (exact) mass is 410 g/mol. The molecular weight excluding hydrogens is 383 g/mol. The predicted molar refractivity (Wildman–Crippen MR) is 116 cm³/mol. The summed E-state index contributed by atoms with van der Waals surface area (Å²) in [6, 6.07) is 12.3. The number of benzene rings is 2. The van der Waals surface area contributed by atoms with Gasteiger partial charge >= 0.3 is 0 Å². The second-order valence-corrected chi connectivity index (χ2v) is 7.26. The number of carbonyl (C=O) groups is 2. The van der Waals surface area contributed by atoms with Crippen LogP contribution in [0.25, 0.3) is 5.76 Å². The molecule has 6 heteroatoms. The van der Waals surface area contributed by atoms with Crippen molar-refractivity contribution < 1.29 is 19.1 Å². The van der Waals surface area contributed by atoms with E-state index in [0.717, 1.165) is 24.3 Å². The van der Waals surface area contributed by atoms with E-state index in [0.29, 0.717) is 18.5 Å². The van der Waals surface area contributed by atoms with E-state index in [9.17, 15) is 19.1 Å². The fourth-order valence-electron chi connectivity index (χ4n) is 3.92. The number of hydrogen-bond acceptors (Lipinski definition) is 4. The lowest BCUT2D eigenvalue weighted by atomic mass is 9.95. The van der Waals surface area contributed by atoms with E-state index < -0.39 is 23.5 Å². The third kappa shape index (κ3) is 3.95. The number of amides is 1. The average Bonchev–Trinajstić information content (AvgIpc) is 3.00. The number of aliphatic hydroxyl groups is 1. The van der Waals surface area contributed by atoms with Crippen molar-refractivity contribution in [2.75, 3.05) is 24.5 Å². The lowest BCUT2D eigenvalue weighted by Gasteiger charge is -2.26. The zero-order chi connectivity index (χ0) is 21.8. The predicted octanol–water partition coefficient (Wildman–Crippen LogP) is 4.50. The maximum Gasteiger partial charge on any atom is 0.295 e. The van der Waals surface area contributed by atoms with Crippen LogP contribution in [0.4, 0.5) is 10.1 Å². The highest BCUT2D eigenvalue weighted by molar-refractivity contribution is 6.46. The molecule has 1 N–H and O–H groups in total. The van der Waals surface area contributed by atoms with Gasteiger partial charge in [0.15, 0.2) is 0 Å². The Balaban J connectivity index is 2.10. The van der Waals surface area contributed by atoms with Crippen molar-refractivity contribution in [1.82, 2.24) is 4.90 Å². The van der Waals surface area contributed by atoms with Gasteiger partial charge in [-0.2, -0.15) is 0 Å². The first-order chi connectivity index (χ1) is 14.4. The van der Waals surface area contributed by atoms with E-state index in [1.807, 2.05) is 31.2 Å². The summed E-state index contributed by atoms with van der Waals surface area (Å²) < 4.78 is 13.3. The van der Waals surface area contributed by atoms with E-state index in [1.54, 1.807) is 0 Å². The first kappa shape index (κ1) is 21.6.